The van der Waals surface area contributed by atoms with E-state index < -0.39 is 6.09 Å². The van der Waals surface area contributed by atoms with E-state index in [1.54, 1.807) is 4.90 Å². The minimum Gasteiger partial charge on any atom is -0.453 e. The number of ether oxygens (including phenoxy) is 1. The van der Waals surface area contributed by atoms with E-state index in [2.05, 4.69) is 19.9 Å². The number of methoxy groups -OCH3 is 1. The number of piperidine rings is 1. The van der Waals surface area contributed by atoms with Crippen molar-refractivity contribution in [2.75, 3.05) is 71.4 Å². The van der Waals surface area contributed by atoms with E-state index in [-0.39, 0.29) is 35.6 Å². The number of alkyl carbamates (subject to hydrolysis) is 1. The molecule has 10 heteroatoms. The number of hydrogen-bond acceptors (Lipinski definition) is 6. The van der Waals surface area contributed by atoms with Crippen LogP contribution < -0.4 is 10.2 Å². The Morgan fingerprint density at radius 2 is 1.74 bits per heavy atom. The van der Waals surface area contributed by atoms with Crippen LogP contribution in [0.4, 0.5) is 14.9 Å². The fraction of sp³-hybridized carbons (Fsp3) is 0.640. The van der Waals surface area contributed by atoms with Gasteiger partial charge in [-0.25, -0.2) is 9.18 Å². The molecule has 1 atom stereocenters. The molecule has 192 valence electrons. The molecule has 3 fully saturated rings. The van der Waals surface area contributed by atoms with Crippen molar-refractivity contribution in [3.8, 4) is 0 Å². The molecule has 3 heterocycles. The van der Waals surface area contributed by atoms with Crippen LogP contribution in [0.15, 0.2) is 24.3 Å². The van der Waals surface area contributed by atoms with Gasteiger partial charge < -0.3 is 24.8 Å². The topological polar surface area (TPSA) is 85.4 Å². The number of rotatable bonds is 6. The number of nitrogens with zero attached hydrogens (tertiary/aromatic N) is 4. The van der Waals surface area contributed by atoms with E-state index in [9.17, 15) is 18.8 Å². The Bertz CT molecular complexity index is 911. The minimum atomic E-state index is -0.626. The zero-order chi connectivity index (χ0) is 25.0. The molecule has 3 aliphatic rings. The molecule has 3 saturated heterocycles. The first-order valence-corrected chi connectivity index (χ1v) is 12.4. The molecule has 0 saturated carbocycles. The Kier molecular flexibility index (Phi) is 7.78. The Morgan fingerprint density at radius 3 is 2.37 bits per heavy atom. The summed E-state index contributed by atoms with van der Waals surface area (Å²) in [6.45, 7) is 5.61. The summed E-state index contributed by atoms with van der Waals surface area (Å²) in [6, 6.07) is 6.88. The molecule has 0 aromatic heterocycles. The second-order valence-corrected chi connectivity index (χ2v) is 9.87. The van der Waals surface area contributed by atoms with Crippen molar-refractivity contribution in [2.45, 2.75) is 31.7 Å². The van der Waals surface area contributed by atoms with Gasteiger partial charge in [-0.1, -0.05) is 0 Å². The molecule has 1 N–H and O–H groups in total. The number of hydrogen-bond donors (Lipinski definition) is 1. The lowest BCUT2D eigenvalue weighted by Crippen LogP contribution is -2.48. The van der Waals surface area contributed by atoms with Crippen LogP contribution in [0, 0.1) is 11.2 Å². The van der Waals surface area contributed by atoms with Gasteiger partial charge in [0.1, 0.15) is 12.4 Å². The van der Waals surface area contributed by atoms with E-state index >= 15 is 0 Å². The lowest BCUT2D eigenvalue weighted by Gasteiger charge is -2.38. The molecule has 1 aromatic carbocycles. The fourth-order valence-corrected chi connectivity index (χ4v) is 5.66. The van der Waals surface area contributed by atoms with Crippen LogP contribution in [0.2, 0.25) is 0 Å². The van der Waals surface area contributed by atoms with E-state index in [1.165, 1.54) is 19.2 Å². The maximum atomic E-state index is 13.2. The van der Waals surface area contributed by atoms with Crippen LogP contribution in [0.1, 0.15) is 25.7 Å². The van der Waals surface area contributed by atoms with Gasteiger partial charge in [0.05, 0.1) is 12.5 Å². The SMILES string of the molecule is COC(=O)NCC(=O)N1CCC2(CC1)C[C@H](CCN1CCN(c3ccc(F)cc3)CC1)N(C)C2=O. The Balaban J connectivity index is 1.22. The third kappa shape index (κ3) is 5.69. The predicted octanol–water partition coefficient (Wildman–Crippen LogP) is 1.53. The highest BCUT2D eigenvalue weighted by Gasteiger charge is 2.51. The number of carbonyl (C=O) groups is 3. The van der Waals surface area contributed by atoms with E-state index in [1.807, 2.05) is 24.1 Å². The zero-order valence-corrected chi connectivity index (χ0v) is 20.7. The summed E-state index contributed by atoms with van der Waals surface area (Å²) in [7, 11) is 3.17. The quantitative estimate of drug-likeness (QED) is 0.653. The van der Waals surface area contributed by atoms with Crippen molar-refractivity contribution in [3.05, 3.63) is 30.1 Å². The summed E-state index contributed by atoms with van der Waals surface area (Å²) in [5, 5.41) is 2.43. The highest BCUT2D eigenvalue weighted by molar-refractivity contribution is 5.86. The molecular weight excluding hydrogens is 453 g/mol. The van der Waals surface area contributed by atoms with Crippen LogP contribution in [0.25, 0.3) is 0 Å². The molecule has 3 aliphatic heterocycles. The van der Waals surface area contributed by atoms with Gasteiger partial charge >= 0.3 is 6.09 Å². The molecular formula is C25H36FN5O4. The molecule has 0 radical (unpaired) electrons. The molecule has 3 amide bonds. The van der Waals surface area contributed by atoms with Crippen LogP contribution in [-0.4, -0.2) is 105 Å². The van der Waals surface area contributed by atoms with Crippen LogP contribution in [-0.2, 0) is 14.3 Å². The standard InChI is InChI=1S/C25H36FN5O4/c1-28-21(7-10-29-13-15-30(16-14-29)20-5-3-19(26)4-6-20)17-25(23(28)33)8-11-31(12-9-25)22(32)18-27-24(34)35-2/h3-6,21H,7-18H2,1-2H3,(H,27,34)/t21-/m0/s1. The minimum absolute atomic E-state index is 0.0927. The van der Waals surface area contributed by atoms with Crippen molar-refractivity contribution < 1.29 is 23.5 Å². The van der Waals surface area contributed by atoms with Gasteiger partial charge in [-0.15, -0.1) is 0 Å². The van der Waals surface area contributed by atoms with Gasteiger partial charge in [-0.3, -0.25) is 14.5 Å². The average Bonchev–Trinajstić information content (AvgIpc) is 3.11. The highest BCUT2D eigenvalue weighted by Crippen LogP contribution is 2.44. The molecule has 9 nitrogen and oxygen atoms in total. The van der Waals surface area contributed by atoms with Crippen LogP contribution >= 0.6 is 0 Å². The Morgan fingerprint density at radius 1 is 1.09 bits per heavy atom. The predicted molar refractivity (Wildman–Crippen MR) is 129 cm³/mol. The van der Waals surface area contributed by atoms with Gasteiger partial charge in [-0.2, -0.15) is 0 Å². The van der Waals surface area contributed by atoms with Crippen LogP contribution in [0.5, 0.6) is 0 Å². The maximum Gasteiger partial charge on any atom is 0.407 e. The summed E-state index contributed by atoms with van der Waals surface area (Å²) in [5.74, 6) is -0.169. The number of carbonyl (C=O) groups excluding carboxylic acids is 3. The van der Waals surface area contributed by atoms with Gasteiger partial charge in [0.25, 0.3) is 0 Å². The largest absolute Gasteiger partial charge is 0.453 e. The molecule has 1 spiro atoms. The van der Waals surface area contributed by atoms with Crippen LogP contribution in [0.3, 0.4) is 0 Å². The molecule has 4 rings (SSSR count). The van der Waals surface area contributed by atoms with E-state index in [0.29, 0.717) is 25.9 Å². The van der Waals surface area contributed by atoms with Crippen molar-refractivity contribution >= 4 is 23.6 Å². The van der Waals surface area contributed by atoms with Gasteiger partial charge in [0.2, 0.25) is 11.8 Å². The molecule has 35 heavy (non-hydrogen) atoms. The lowest BCUT2D eigenvalue weighted by atomic mass is 9.75. The molecule has 0 unspecified atom stereocenters. The van der Waals surface area contributed by atoms with Crippen molar-refractivity contribution in [3.63, 3.8) is 0 Å². The molecule has 1 aromatic rings. The third-order valence-electron chi connectivity index (χ3n) is 7.93. The number of halogens is 1. The second-order valence-electron chi connectivity index (χ2n) is 9.87. The fourth-order valence-electron chi connectivity index (χ4n) is 5.66. The van der Waals surface area contributed by atoms with E-state index in [4.69, 9.17) is 0 Å². The van der Waals surface area contributed by atoms with Crippen molar-refractivity contribution in [2.24, 2.45) is 5.41 Å². The summed E-state index contributed by atoms with van der Waals surface area (Å²) in [5.41, 5.74) is 0.674. The summed E-state index contributed by atoms with van der Waals surface area (Å²) in [4.78, 5) is 45.2. The van der Waals surface area contributed by atoms with Gasteiger partial charge in [0, 0.05) is 64.6 Å². The van der Waals surface area contributed by atoms with Gasteiger partial charge in [0.15, 0.2) is 0 Å². The first kappa shape index (κ1) is 25.2. The average molecular weight is 490 g/mol. The Labute approximate surface area is 206 Å². The third-order valence-corrected chi connectivity index (χ3v) is 7.93. The monoisotopic (exact) mass is 489 g/mol. The van der Waals surface area contributed by atoms with Crippen molar-refractivity contribution in [1.29, 1.82) is 0 Å². The number of anilines is 1. The first-order chi connectivity index (χ1) is 16.8. The number of amides is 3. The molecule has 0 bridgehead atoms. The number of likely N-dealkylation sites (tertiary alicyclic amines) is 2. The molecule has 0 aliphatic carbocycles. The normalized spacial score (nSPS) is 22.5. The van der Waals surface area contributed by atoms with E-state index in [0.717, 1.165) is 51.3 Å². The number of piperazine rings is 1. The summed E-state index contributed by atoms with van der Waals surface area (Å²) < 4.78 is 17.7. The maximum absolute atomic E-state index is 13.2. The number of benzene rings is 1. The summed E-state index contributed by atoms with van der Waals surface area (Å²) >= 11 is 0. The number of nitrogens with one attached hydrogen (secondary N) is 1. The lowest BCUT2D eigenvalue weighted by molar-refractivity contribution is -0.141. The highest BCUT2D eigenvalue weighted by atomic mass is 19.1. The second kappa shape index (κ2) is 10.8. The summed E-state index contributed by atoms with van der Waals surface area (Å²) in [6.07, 6.45) is 2.46. The Hall–Kier alpha value is -2.88. The van der Waals surface area contributed by atoms with Crippen molar-refractivity contribution in [1.82, 2.24) is 20.0 Å². The zero-order valence-electron chi connectivity index (χ0n) is 20.7. The smallest absolute Gasteiger partial charge is 0.407 e. The van der Waals surface area contributed by atoms with Gasteiger partial charge in [-0.05, 0) is 49.9 Å². The first-order valence-electron chi connectivity index (χ1n) is 12.4.